The molecule has 0 amide bonds. The molecule has 1 aromatic carbocycles. The van der Waals surface area contributed by atoms with Crippen molar-refractivity contribution < 1.29 is 0 Å². The summed E-state index contributed by atoms with van der Waals surface area (Å²) in [5.41, 5.74) is 9.47. The van der Waals surface area contributed by atoms with Crippen LogP contribution in [0.5, 0.6) is 0 Å². The van der Waals surface area contributed by atoms with Gasteiger partial charge in [-0.3, -0.25) is 0 Å². The fourth-order valence-corrected chi connectivity index (χ4v) is 2.68. The van der Waals surface area contributed by atoms with Crippen molar-refractivity contribution in [2.45, 2.75) is 33.6 Å². The number of rotatable bonds is 5. The summed E-state index contributed by atoms with van der Waals surface area (Å²) in [6.07, 6.45) is 2.70. The van der Waals surface area contributed by atoms with E-state index in [1.165, 1.54) is 18.5 Å². The molecule has 3 N–H and O–H groups in total. The fourth-order valence-electron chi connectivity index (χ4n) is 2.45. The third kappa shape index (κ3) is 2.66. The maximum absolute atomic E-state index is 5.67. The van der Waals surface area contributed by atoms with Crippen LogP contribution < -0.4 is 11.1 Å². The van der Waals surface area contributed by atoms with E-state index in [4.69, 9.17) is 18.0 Å². The van der Waals surface area contributed by atoms with Crippen molar-refractivity contribution >= 4 is 22.9 Å². The molecule has 1 aliphatic rings. The molecule has 1 aliphatic carbocycles. The third-order valence-electron chi connectivity index (χ3n) is 4.25. The van der Waals surface area contributed by atoms with E-state index in [0.717, 1.165) is 23.6 Å². The highest BCUT2D eigenvalue weighted by Crippen LogP contribution is 2.51. The smallest absolute Gasteiger partial charge is 0.104 e. The second kappa shape index (κ2) is 4.88. The largest absolute Gasteiger partial charge is 0.389 e. The van der Waals surface area contributed by atoms with E-state index in [-0.39, 0.29) is 0 Å². The number of hydrogen-bond donors (Lipinski definition) is 2. The quantitative estimate of drug-likeness (QED) is 0.798. The van der Waals surface area contributed by atoms with E-state index in [2.05, 4.69) is 38.2 Å². The average molecular weight is 262 g/mol. The van der Waals surface area contributed by atoms with E-state index in [1.54, 1.807) is 0 Å². The molecular formula is C15H22N2S. The van der Waals surface area contributed by atoms with Gasteiger partial charge in [0.25, 0.3) is 0 Å². The summed E-state index contributed by atoms with van der Waals surface area (Å²) in [4.78, 5) is 0.472. The van der Waals surface area contributed by atoms with Crippen molar-refractivity contribution in [1.82, 2.24) is 0 Å². The monoisotopic (exact) mass is 262 g/mol. The molecule has 0 unspecified atom stereocenters. The molecule has 18 heavy (non-hydrogen) atoms. The van der Waals surface area contributed by atoms with Crippen LogP contribution in [0.3, 0.4) is 0 Å². The number of hydrogen-bond acceptors (Lipinski definition) is 2. The van der Waals surface area contributed by atoms with Crippen LogP contribution in [-0.4, -0.2) is 11.5 Å². The summed E-state index contributed by atoms with van der Waals surface area (Å²) in [5, 5.41) is 3.55. The first kappa shape index (κ1) is 13.3. The maximum Gasteiger partial charge on any atom is 0.104 e. The Bertz CT molecular complexity index is 462. The number of nitrogens with two attached hydrogens (primary N) is 1. The van der Waals surface area contributed by atoms with Gasteiger partial charge in [0.1, 0.15) is 4.99 Å². The molecule has 0 radical (unpaired) electrons. The van der Waals surface area contributed by atoms with Crippen LogP contribution in [0.1, 0.15) is 37.8 Å². The fraction of sp³-hybridized carbons (Fsp3) is 0.533. The summed E-state index contributed by atoms with van der Waals surface area (Å²) >= 11 is 5.02. The van der Waals surface area contributed by atoms with Crippen LogP contribution in [0.15, 0.2) is 18.2 Å². The topological polar surface area (TPSA) is 38.0 Å². The lowest BCUT2D eigenvalue weighted by Gasteiger charge is -2.21. The van der Waals surface area contributed by atoms with E-state index in [9.17, 15) is 0 Å². The summed E-state index contributed by atoms with van der Waals surface area (Å²) in [6.45, 7) is 7.75. The van der Waals surface area contributed by atoms with Crippen molar-refractivity contribution in [2.75, 3.05) is 11.9 Å². The second-order valence-electron chi connectivity index (χ2n) is 5.76. The van der Waals surface area contributed by atoms with Gasteiger partial charge in [0.2, 0.25) is 0 Å². The van der Waals surface area contributed by atoms with Crippen LogP contribution in [0.25, 0.3) is 0 Å². The van der Waals surface area contributed by atoms with Gasteiger partial charge in [0, 0.05) is 17.8 Å². The third-order valence-corrected chi connectivity index (χ3v) is 4.47. The zero-order chi connectivity index (χ0) is 13.3. The van der Waals surface area contributed by atoms with Gasteiger partial charge in [0.15, 0.2) is 0 Å². The Morgan fingerprint density at radius 2 is 2.11 bits per heavy atom. The van der Waals surface area contributed by atoms with Gasteiger partial charge in [-0.1, -0.05) is 26.1 Å². The van der Waals surface area contributed by atoms with Gasteiger partial charge in [0.05, 0.1) is 0 Å². The predicted octanol–water partition coefficient (Wildman–Crippen LogP) is 3.48. The molecule has 1 aromatic rings. The Morgan fingerprint density at radius 1 is 1.44 bits per heavy atom. The SMILES string of the molecule is Cc1cc(NCC2(C(C)C)CC2)ccc1C(N)=S. The molecule has 2 rings (SSSR count). The molecule has 2 nitrogen and oxygen atoms in total. The lowest BCUT2D eigenvalue weighted by molar-refractivity contribution is 0.380. The van der Waals surface area contributed by atoms with Crippen LogP contribution in [0, 0.1) is 18.3 Å². The van der Waals surface area contributed by atoms with Crippen LogP contribution in [0.2, 0.25) is 0 Å². The minimum atomic E-state index is 0.472. The van der Waals surface area contributed by atoms with E-state index in [1.807, 2.05) is 6.07 Å². The minimum Gasteiger partial charge on any atom is -0.389 e. The summed E-state index contributed by atoms with van der Waals surface area (Å²) in [6, 6.07) is 6.21. The van der Waals surface area contributed by atoms with Gasteiger partial charge in [-0.15, -0.1) is 0 Å². The Hall–Kier alpha value is -1.09. The first-order valence-electron chi connectivity index (χ1n) is 6.59. The highest BCUT2D eigenvalue weighted by molar-refractivity contribution is 7.80. The number of thiocarbonyl (C=S) groups is 1. The number of aryl methyl sites for hydroxylation is 1. The van der Waals surface area contributed by atoms with Crippen LogP contribution >= 0.6 is 12.2 Å². The summed E-state index contributed by atoms with van der Waals surface area (Å²) < 4.78 is 0. The number of anilines is 1. The normalized spacial score (nSPS) is 16.7. The standard InChI is InChI=1S/C15H22N2S/c1-10(2)15(6-7-15)9-17-12-4-5-13(14(16)18)11(3)8-12/h4-5,8,10,17H,6-7,9H2,1-3H3,(H2,16,18). The van der Waals surface area contributed by atoms with Gasteiger partial charge in [-0.25, -0.2) is 0 Å². The van der Waals surface area contributed by atoms with Crippen LogP contribution in [-0.2, 0) is 0 Å². The molecule has 0 heterocycles. The van der Waals surface area contributed by atoms with E-state index < -0.39 is 0 Å². The Kier molecular flexibility index (Phi) is 3.62. The minimum absolute atomic E-state index is 0.472. The average Bonchev–Trinajstić information content (AvgIpc) is 3.07. The molecule has 0 aromatic heterocycles. The highest BCUT2D eigenvalue weighted by Gasteiger charge is 2.44. The molecule has 0 saturated heterocycles. The molecule has 1 fully saturated rings. The predicted molar refractivity (Wildman–Crippen MR) is 82.1 cm³/mol. The molecule has 1 saturated carbocycles. The lowest BCUT2D eigenvalue weighted by Crippen LogP contribution is -2.21. The lowest BCUT2D eigenvalue weighted by atomic mass is 9.92. The van der Waals surface area contributed by atoms with E-state index >= 15 is 0 Å². The molecule has 98 valence electrons. The van der Waals surface area contributed by atoms with Gasteiger partial charge in [-0.05, 0) is 54.9 Å². The first-order chi connectivity index (χ1) is 8.44. The van der Waals surface area contributed by atoms with E-state index in [0.29, 0.717) is 10.4 Å². The van der Waals surface area contributed by atoms with Gasteiger partial charge >= 0.3 is 0 Å². The van der Waals surface area contributed by atoms with Gasteiger partial charge in [-0.2, -0.15) is 0 Å². The molecular weight excluding hydrogens is 240 g/mol. The van der Waals surface area contributed by atoms with Crippen molar-refractivity contribution in [1.29, 1.82) is 0 Å². The highest BCUT2D eigenvalue weighted by atomic mass is 32.1. The summed E-state index contributed by atoms with van der Waals surface area (Å²) in [5.74, 6) is 0.752. The molecule has 0 bridgehead atoms. The Balaban J connectivity index is 2.03. The Labute approximate surface area is 115 Å². The van der Waals surface area contributed by atoms with Crippen LogP contribution in [0.4, 0.5) is 5.69 Å². The zero-order valence-electron chi connectivity index (χ0n) is 11.4. The zero-order valence-corrected chi connectivity index (χ0v) is 12.2. The van der Waals surface area contributed by atoms with Gasteiger partial charge < -0.3 is 11.1 Å². The molecule has 0 spiro atoms. The van der Waals surface area contributed by atoms with Crippen molar-refractivity contribution in [3.63, 3.8) is 0 Å². The molecule has 0 atom stereocenters. The van der Waals surface area contributed by atoms with Crippen molar-refractivity contribution in [3.8, 4) is 0 Å². The van der Waals surface area contributed by atoms with Crippen molar-refractivity contribution in [3.05, 3.63) is 29.3 Å². The number of benzene rings is 1. The molecule has 3 heteroatoms. The summed E-state index contributed by atoms with van der Waals surface area (Å²) in [7, 11) is 0. The van der Waals surface area contributed by atoms with Crippen molar-refractivity contribution in [2.24, 2.45) is 17.1 Å². The first-order valence-corrected chi connectivity index (χ1v) is 7.00. The molecule has 0 aliphatic heterocycles. The Morgan fingerprint density at radius 3 is 2.56 bits per heavy atom. The second-order valence-corrected chi connectivity index (χ2v) is 6.20. The number of nitrogens with one attached hydrogen (secondary N) is 1. The maximum atomic E-state index is 5.67.